The fourth-order valence-corrected chi connectivity index (χ4v) is 3.18. The highest BCUT2D eigenvalue weighted by molar-refractivity contribution is 5.95. The van der Waals surface area contributed by atoms with E-state index in [2.05, 4.69) is 12.1 Å². The summed E-state index contributed by atoms with van der Waals surface area (Å²) >= 11 is 0. The molecule has 0 spiro atoms. The molecule has 1 fully saturated rings. The molecule has 0 aliphatic heterocycles. The van der Waals surface area contributed by atoms with E-state index in [1.54, 1.807) is 0 Å². The molecule has 2 aliphatic rings. The van der Waals surface area contributed by atoms with Gasteiger partial charge in [-0.3, -0.25) is 0 Å². The number of hydrogen-bond acceptors (Lipinski definition) is 4. The first-order chi connectivity index (χ1) is 8.11. The first-order valence-corrected chi connectivity index (χ1v) is 6.10. The Morgan fingerprint density at radius 1 is 1.65 bits per heavy atom. The van der Waals surface area contributed by atoms with Gasteiger partial charge in [-0.1, -0.05) is 18.2 Å². The molecule has 0 aromatic heterocycles. The van der Waals surface area contributed by atoms with Crippen LogP contribution in [0.2, 0.25) is 0 Å². The predicted octanol–water partition coefficient (Wildman–Crippen LogP) is 2.52. The molecule has 0 unspecified atom stereocenters. The maximum atomic E-state index is 11.6. The first kappa shape index (κ1) is 12.1. The van der Waals surface area contributed by atoms with Gasteiger partial charge in [-0.15, -0.1) is 0 Å². The molecule has 17 heavy (non-hydrogen) atoms. The standard InChI is InChI=1S/C13H19NO3/c1-13-8-9(12(15)17-2)6-7-10(13)4-3-5-11(13)14-16/h6,10,16H,3-5,7-8H2,1-2H3/b14-11+/t10-,13+/m1/s1. The van der Waals surface area contributed by atoms with Crippen LogP contribution in [0.1, 0.15) is 39.0 Å². The van der Waals surface area contributed by atoms with Crippen molar-refractivity contribution in [3.8, 4) is 0 Å². The van der Waals surface area contributed by atoms with Crippen molar-refractivity contribution in [2.24, 2.45) is 16.5 Å². The summed E-state index contributed by atoms with van der Waals surface area (Å²) in [5.74, 6) is 0.225. The number of ether oxygens (including phenoxy) is 1. The van der Waals surface area contributed by atoms with Gasteiger partial charge in [0.05, 0.1) is 12.8 Å². The molecular formula is C13H19NO3. The van der Waals surface area contributed by atoms with Gasteiger partial charge in [-0.05, 0) is 38.0 Å². The summed E-state index contributed by atoms with van der Waals surface area (Å²) in [7, 11) is 1.40. The van der Waals surface area contributed by atoms with Gasteiger partial charge < -0.3 is 9.94 Å². The Balaban J connectivity index is 2.29. The molecule has 0 aromatic carbocycles. The van der Waals surface area contributed by atoms with E-state index in [-0.39, 0.29) is 11.4 Å². The average Bonchev–Trinajstić information content (AvgIpc) is 2.35. The maximum absolute atomic E-state index is 11.6. The molecule has 2 atom stereocenters. The van der Waals surface area contributed by atoms with Gasteiger partial charge in [0.2, 0.25) is 0 Å². The number of rotatable bonds is 1. The topological polar surface area (TPSA) is 58.9 Å². The lowest BCUT2D eigenvalue weighted by Gasteiger charge is -2.44. The zero-order chi connectivity index (χ0) is 12.5. The highest BCUT2D eigenvalue weighted by Crippen LogP contribution is 2.48. The normalized spacial score (nSPS) is 35.1. The summed E-state index contributed by atoms with van der Waals surface area (Å²) < 4.78 is 4.77. The highest BCUT2D eigenvalue weighted by Gasteiger charge is 2.45. The van der Waals surface area contributed by atoms with Crippen LogP contribution in [0.5, 0.6) is 0 Å². The number of methoxy groups -OCH3 is 1. The van der Waals surface area contributed by atoms with Crippen LogP contribution in [0.3, 0.4) is 0 Å². The SMILES string of the molecule is COC(=O)C1=CC[C@H]2CCC/C(=N\O)[C@@]2(C)C1. The zero-order valence-electron chi connectivity index (χ0n) is 10.4. The van der Waals surface area contributed by atoms with E-state index in [1.165, 1.54) is 7.11 Å². The number of hydrogen-bond donors (Lipinski definition) is 1. The van der Waals surface area contributed by atoms with Crippen LogP contribution >= 0.6 is 0 Å². The molecule has 0 radical (unpaired) electrons. The third kappa shape index (κ3) is 1.96. The molecule has 1 saturated carbocycles. The van der Waals surface area contributed by atoms with Crippen LogP contribution in [0.4, 0.5) is 0 Å². The first-order valence-electron chi connectivity index (χ1n) is 6.10. The van der Waals surface area contributed by atoms with Crippen molar-refractivity contribution in [3.63, 3.8) is 0 Å². The molecule has 0 heterocycles. The lowest BCUT2D eigenvalue weighted by molar-refractivity contribution is -0.136. The van der Waals surface area contributed by atoms with Crippen molar-refractivity contribution < 1.29 is 14.7 Å². The van der Waals surface area contributed by atoms with Crippen LogP contribution in [-0.2, 0) is 9.53 Å². The van der Waals surface area contributed by atoms with Gasteiger partial charge in [0.15, 0.2) is 0 Å². The van der Waals surface area contributed by atoms with E-state index in [0.717, 1.165) is 31.4 Å². The zero-order valence-corrected chi connectivity index (χ0v) is 10.4. The molecule has 2 aliphatic carbocycles. The number of oxime groups is 1. The lowest BCUT2D eigenvalue weighted by atomic mass is 9.60. The minimum absolute atomic E-state index is 0.175. The molecule has 4 nitrogen and oxygen atoms in total. The van der Waals surface area contributed by atoms with E-state index in [1.807, 2.05) is 6.08 Å². The Hall–Kier alpha value is -1.32. The van der Waals surface area contributed by atoms with Crippen LogP contribution in [-0.4, -0.2) is 24.0 Å². The number of esters is 1. The smallest absolute Gasteiger partial charge is 0.333 e. The Morgan fingerprint density at radius 3 is 3.06 bits per heavy atom. The molecule has 0 bridgehead atoms. The van der Waals surface area contributed by atoms with Crippen molar-refractivity contribution in [1.82, 2.24) is 0 Å². The molecule has 0 aromatic rings. The van der Waals surface area contributed by atoms with Gasteiger partial charge in [0.1, 0.15) is 0 Å². The Morgan fingerprint density at radius 2 is 2.41 bits per heavy atom. The lowest BCUT2D eigenvalue weighted by Crippen LogP contribution is -2.42. The van der Waals surface area contributed by atoms with Gasteiger partial charge >= 0.3 is 5.97 Å². The Bertz CT molecular complexity index is 386. The van der Waals surface area contributed by atoms with E-state index in [9.17, 15) is 4.79 Å². The number of allylic oxidation sites excluding steroid dienone is 1. The molecule has 1 N–H and O–H groups in total. The van der Waals surface area contributed by atoms with Crippen molar-refractivity contribution in [2.75, 3.05) is 7.11 Å². The van der Waals surface area contributed by atoms with E-state index in [0.29, 0.717) is 17.9 Å². The van der Waals surface area contributed by atoms with E-state index in [4.69, 9.17) is 9.94 Å². The van der Waals surface area contributed by atoms with Gasteiger partial charge in [-0.25, -0.2) is 4.79 Å². The summed E-state index contributed by atoms with van der Waals surface area (Å²) in [5, 5.41) is 12.6. The van der Waals surface area contributed by atoms with Crippen LogP contribution in [0, 0.1) is 11.3 Å². The van der Waals surface area contributed by atoms with Gasteiger partial charge in [0, 0.05) is 11.0 Å². The molecule has 4 heteroatoms. The fourth-order valence-electron chi connectivity index (χ4n) is 3.18. The molecular weight excluding hydrogens is 218 g/mol. The largest absolute Gasteiger partial charge is 0.466 e. The molecule has 0 saturated heterocycles. The predicted molar refractivity (Wildman–Crippen MR) is 64.0 cm³/mol. The van der Waals surface area contributed by atoms with Crippen molar-refractivity contribution in [3.05, 3.63) is 11.6 Å². The van der Waals surface area contributed by atoms with E-state index < -0.39 is 0 Å². The minimum Gasteiger partial charge on any atom is -0.466 e. The summed E-state index contributed by atoms with van der Waals surface area (Å²) in [6.45, 7) is 2.10. The summed E-state index contributed by atoms with van der Waals surface area (Å²) in [4.78, 5) is 11.6. The molecule has 94 valence electrons. The van der Waals surface area contributed by atoms with Crippen LogP contribution in [0.15, 0.2) is 16.8 Å². The van der Waals surface area contributed by atoms with Crippen LogP contribution < -0.4 is 0 Å². The van der Waals surface area contributed by atoms with Crippen molar-refractivity contribution >= 4 is 11.7 Å². The number of fused-ring (bicyclic) bond motifs is 1. The third-order valence-electron chi connectivity index (χ3n) is 4.30. The Labute approximate surface area is 101 Å². The number of carbonyl (C=O) groups excluding carboxylic acids is 1. The number of carbonyl (C=O) groups is 1. The van der Waals surface area contributed by atoms with Gasteiger partial charge in [0.25, 0.3) is 0 Å². The second-order valence-corrected chi connectivity index (χ2v) is 5.19. The molecule has 0 amide bonds. The monoisotopic (exact) mass is 237 g/mol. The maximum Gasteiger partial charge on any atom is 0.333 e. The summed E-state index contributed by atoms with van der Waals surface area (Å²) in [5.41, 5.74) is 1.38. The Kier molecular flexibility index (Phi) is 3.22. The van der Waals surface area contributed by atoms with Crippen molar-refractivity contribution in [2.45, 2.75) is 39.0 Å². The second-order valence-electron chi connectivity index (χ2n) is 5.19. The summed E-state index contributed by atoms with van der Waals surface area (Å²) in [6, 6.07) is 0. The average molecular weight is 237 g/mol. The van der Waals surface area contributed by atoms with Gasteiger partial charge in [-0.2, -0.15) is 0 Å². The highest BCUT2D eigenvalue weighted by atomic mass is 16.5. The fraction of sp³-hybridized carbons (Fsp3) is 0.692. The van der Waals surface area contributed by atoms with Crippen molar-refractivity contribution in [1.29, 1.82) is 0 Å². The second kappa shape index (κ2) is 4.51. The van der Waals surface area contributed by atoms with E-state index >= 15 is 0 Å². The van der Waals surface area contributed by atoms with Crippen LogP contribution in [0.25, 0.3) is 0 Å². The third-order valence-corrected chi connectivity index (χ3v) is 4.30. The minimum atomic E-state index is -0.257. The number of nitrogens with zero attached hydrogens (tertiary/aromatic N) is 1. The molecule has 2 rings (SSSR count). The summed E-state index contributed by atoms with van der Waals surface area (Å²) in [6.07, 6.45) is 6.53. The quantitative estimate of drug-likeness (QED) is 0.433.